The number of alkyl halides is 4. The highest BCUT2D eigenvalue weighted by Gasteiger charge is 2.56. The first-order valence-electron chi connectivity index (χ1n) is 9.17. The smallest absolute Gasteiger partial charge is 0.417 e. The van der Waals surface area contributed by atoms with Crippen LogP contribution in [0.25, 0.3) is 6.08 Å². The standard InChI is InChI=1S/C22H24F5NO2/c1-4-5-6-14-9-16(28-18(14)12-23)11-21(30,22(25,26)27)13-20(2,3)17-10-15(24)7-8-19(17)29/h4-10,28-30H,1,11-13H2,2-3H3/b6-5-. The maximum atomic E-state index is 13.9. The minimum absolute atomic E-state index is 0.00884. The number of aromatic amines is 1. The number of aromatic nitrogens is 1. The van der Waals surface area contributed by atoms with E-state index >= 15 is 0 Å². The monoisotopic (exact) mass is 429 g/mol. The van der Waals surface area contributed by atoms with Gasteiger partial charge in [-0.05, 0) is 41.7 Å². The van der Waals surface area contributed by atoms with Crippen LogP contribution >= 0.6 is 0 Å². The van der Waals surface area contributed by atoms with E-state index in [-0.39, 0.29) is 22.7 Å². The number of H-pyrrole nitrogens is 1. The van der Waals surface area contributed by atoms with E-state index in [1.165, 1.54) is 38.1 Å². The molecule has 8 heteroatoms. The summed E-state index contributed by atoms with van der Waals surface area (Å²) in [6.45, 7) is 5.31. The van der Waals surface area contributed by atoms with Crippen molar-refractivity contribution >= 4 is 6.08 Å². The Kier molecular flexibility index (Phi) is 6.81. The minimum Gasteiger partial charge on any atom is -0.508 e. The minimum atomic E-state index is -5.04. The molecule has 3 N–H and O–H groups in total. The summed E-state index contributed by atoms with van der Waals surface area (Å²) in [7, 11) is 0. The van der Waals surface area contributed by atoms with Crippen molar-refractivity contribution in [2.75, 3.05) is 0 Å². The van der Waals surface area contributed by atoms with E-state index in [4.69, 9.17) is 0 Å². The third kappa shape index (κ3) is 5.11. The van der Waals surface area contributed by atoms with Gasteiger partial charge < -0.3 is 15.2 Å². The third-order valence-corrected chi connectivity index (χ3v) is 4.97. The van der Waals surface area contributed by atoms with Gasteiger partial charge in [0.25, 0.3) is 0 Å². The molecule has 1 unspecified atom stereocenters. The van der Waals surface area contributed by atoms with E-state index in [2.05, 4.69) is 11.6 Å². The summed E-state index contributed by atoms with van der Waals surface area (Å²) in [4.78, 5) is 2.58. The van der Waals surface area contributed by atoms with Crippen LogP contribution in [0.15, 0.2) is 43.0 Å². The molecule has 1 atom stereocenters. The molecule has 30 heavy (non-hydrogen) atoms. The summed E-state index contributed by atoms with van der Waals surface area (Å²) in [6, 6.07) is 4.31. The van der Waals surface area contributed by atoms with Gasteiger partial charge in [-0.25, -0.2) is 8.78 Å². The maximum Gasteiger partial charge on any atom is 0.417 e. The first-order chi connectivity index (χ1) is 13.8. The molecular formula is C22H24F5NO2. The Morgan fingerprint density at radius 1 is 1.17 bits per heavy atom. The van der Waals surface area contributed by atoms with Crippen molar-refractivity contribution in [2.24, 2.45) is 0 Å². The molecule has 3 nitrogen and oxygen atoms in total. The molecule has 0 spiro atoms. The number of rotatable bonds is 8. The third-order valence-electron chi connectivity index (χ3n) is 4.97. The van der Waals surface area contributed by atoms with Crippen molar-refractivity contribution in [1.29, 1.82) is 0 Å². The first-order valence-corrected chi connectivity index (χ1v) is 9.17. The zero-order valence-corrected chi connectivity index (χ0v) is 16.7. The van der Waals surface area contributed by atoms with Crippen LogP contribution in [-0.2, 0) is 18.5 Å². The van der Waals surface area contributed by atoms with E-state index in [1.807, 2.05) is 0 Å². The molecule has 0 fully saturated rings. The molecule has 2 aromatic rings. The molecule has 0 amide bonds. The summed E-state index contributed by atoms with van der Waals surface area (Å²) < 4.78 is 68.6. The van der Waals surface area contributed by atoms with Gasteiger partial charge in [0.15, 0.2) is 5.60 Å². The number of hydrogen-bond donors (Lipinski definition) is 3. The Morgan fingerprint density at radius 3 is 2.40 bits per heavy atom. The van der Waals surface area contributed by atoms with Gasteiger partial charge in [-0.15, -0.1) is 0 Å². The van der Waals surface area contributed by atoms with Gasteiger partial charge in [0.2, 0.25) is 0 Å². The number of phenols is 1. The summed E-state index contributed by atoms with van der Waals surface area (Å²) in [5.74, 6) is -1.09. The molecule has 2 rings (SSSR count). The van der Waals surface area contributed by atoms with E-state index in [0.717, 1.165) is 18.2 Å². The van der Waals surface area contributed by atoms with Crippen LogP contribution in [0.5, 0.6) is 5.75 Å². The van der Waals surface area contributed by atoms with Gasteiger partial charge >= 0.3 is 6.18 Å². The fraction of sp³-hybridized carbons (Fsp3) is 0.364. The Bertz CT molecular complexity index is 930. The molecule has 164 valence electrons. The van der Waals surface area contributed by atoms with Crippen LogP contribution in [0.1, 0.15) is 42.8 Å². The number of phenolic OH excluding ortho intramolecular Hbond substituents is 1. The lowest BCUT2D eigenvalue weighted by Gasteiger charge is -2.38. The molecule has 0 bridgehead atoms. The van der Waals surface area contributed by atoms with Crippen LogP contribution in [-0.4, -0.2) is 27.0 Å². The number of aromatic hydroxyl groups is 1. The van der Waals surface area contributed by atoms with Crippen LogP contribution < -0.4 is 0 Å². The molecule has 0 saturated heterocycles. The SMILES string of the molecule is C=C/C=C\c1cc(CC(O)(CC(C)(C)c2cc(F)ccc2O)C(F)(F)F)[nH]c1CF. The van der Waals surface area contributed by atoms with Crippen LogP contribution in [0.4, 0.5) is 22.0 Å². The number of benzene rings is 1. The van der Waals surface area contributed by atoms with Crippen molar-refractivity contribution in [1.82, 2.24) is 4.98 Å². The molecular weight excluding hydrogens is 405 g/mol. The summed E-state index contributed by atoms with van der Waals surface area (Å²) >= 11 is 0. The average Bonchev–Trinajstić information content (AvgIpc) is 3.01. The molecule has 0 radical (unpaired) electrons. The second-order valence-electron chi connectivity index (χ2n) is 7.89. The van der Waals surface area contributed by atoms with E-state index in [9.17, 15) is 32.2 Å². The topological polar surface area (TPSA) is 56.2 Å². The first kappa shape index (κ1) is 23.7. The van der Waals surface area contributed by atoms with E-state index in [0.29, 0.717) is 5.56 Å². The van der Waals surface area contributed by atoms with Crippen LogP contribution in [0, 0.1) is 5.82 Å². The van der Waals surface area contributed by atoms with Crippen molar-refractivity contribution < 1.29 is 32.2 Å². The molecule has 0 aliphatic heterocycles. The fourth-order valence-electron chi connectivity index (χ4n) is 3.56. The van der Waals surface area contributed by atoms with Crippen LogP contribution in [0.2, 0.25) is 0 Å². The van der Waals surface area contributed by atoms with Gasteiger partial charge in [0.05, 0.1) is 5.69 Å². The number of aliphatic hydroxyl groups is 1. The van der Waals surface area contributed by atoms with Gasteiger partial charge in [-0.3, -0.25) is 0 Å². The van der Waals surface area contributed by atoms with Gasteiger partial charge in [-0.1, -0.05) is 38.7 Å². The highest BCUT2D eigenvalue weighted by molar-refractivity contribution is 5.55. The normalized spacial score (nSPS) is 14.8. The summed E-state index contributed by atoms with van der Waals surface area (Å²) in [6.07, 6.45) is -2.32. The Hall–Kier alpha value is -2.61. The largest absolute Gasteiger partial charge is 0.508 e. The number of allylic oxidation sites excluding steroid dienone is 2. The quantitative estimate of drug-likeness (QED) is 0.371. The molecule has 1 aromatic heterocycles. The highest BCUT2D eigenvalue weighted by Crippen LogP contribution is 2.45. The van der Waals surface area contributed by atoms with Crippen molar-refractivity contribution in [3.8, 4) is 5.75 Å². The van der Waals surface area contributed by atoms with E-state index in [1.54, 1.807) is 0 Å². The van der Waals surface area contributed by atoms with Gasteiger partial charge in [0, 0.05) is 17.7 Å². The Balaban J connectivity index is 2.44. The van der Waals surface area contributed by atoms with Crippen LogP contribution in [0.3, 0.4) is 0 Å². The van der Waals surface area contributed by atoms with Crippen molar-refractivity contribution in [2.45, 2.75) is 50.6 Å². The van der Waals surface area contributed by atoms with Crippen molar-refractivity contribution in [3.05, 3.63) is 71.3 Å². The lowest BCUT2D eigenvalue weighted by Crippen LogP contribution is -2.50. The fourth-order valence-corrected chi connectivity index (χ4v) is 3.56. The van der Waals surface area contributed by atoms with Crippen molar-refractivity contribution in [3.63, 3.8) is 0 Å². The lowest BCUT2D eigenvalue weighted by atomic mass is 9.73. The molecule has 1 heterocycles. The number of hydrogen-bond acceptors (Lipinski definition) is 2. The zero-order chi connectivity index (χ0) is 22.7. The molecule has 0 aliphatic carbocycles. The summed E-state index contributed by atoms with van der Waals surface area (Å²) in [5.41, 5.74) is -4.29. The van der Waals surface area contributed by atoms with E-state index < -0.39 is 42.5 Å². The summed E-state index contributed by atoms with van der Waals surface area (Å²) in [5, 5.41) is 20.7. The predicted molar refractivity (Wildman–Crippen MR) is 105 cm³/mol. The number of halogens is 5. The molecule has 1 aromatic carbocycles. The molecule has 0 saturated carbocycles. The second kappa shape index (κ2) is 8.63. The second-order valence-corrected chi connectivity index (χ2v) is 7.89. The lowest BCUT2D eigenvalue weighted by molar-refractivity contribution is -0.266. The Morgan fingerprint density at radius 2 is 1.83 bits per heavy atom. The average molecular weight is 429 g/mol. The maximum absolute atomic E-state index is 13.9. The Labute approximate surface area is 171 Å². The van der Waals surface area contributed by atoms with Gasteiger partial charge in [-0.2, -0.15) is 13.2 Å². The number of nitrogens with one attached hydrogen (secondary N) is 1. The predicted octanol–water partition coefficient (Wildman–Crippen LogP) is 5.73. The molecule has 0 aliphatic rings. The zero-order valence-electron chi connectivity index (χ0n) is 16.7. The van der Waals surface area contributed by atoms with Gasteiger partial charge in [0.1, 0.15) is 18.2 Å². The highest BCUT2D eigenvalue weighted by atomic mass is 19.4.